The molecule has 0 aliphatic rings. The van der Waals surface area contributed by atoms with E-state index in [-0.39, 0.29) is 24.5 Å². The Balaban J connectivity index is 2.93. The minimum Gasteiger partial charge on any atom is -0.459 e. The van der Waals surface area contributed by atoms with E-state index in [1.807, 2.05) is 0 Å². The van der Waals surface area contributed by atoms with Crippen LogP contribution in [0.5, 0.6) is 0 Å². The highest BCUT2D eigenvalue weighted by atomic mass is 16.6. The number of anilines is 2. The minimum absolute atomic E-state index is 0.0730. The minimum atomic E-state index is -0.712. The quantitative estimate of drug-likeness (QED) is 0.482. The zero-order valence-electron chi connectivity index (χ0n) is 12.3. The van der Waals surface area contributed by atoms with Crippen molar-refractivity contribution in [3.63, 3.8) is 0 Å². The first-order valence-electron chi connectivity index (χ1n) is 6.23. The van der Waals surface area contributed by atoms with Crippen molar-refractivity contribution in [2.24, 2.45) is 0 Å². The largest absolute Gasteiger partial charge is 0.459 e. The highest BCUT2D eigenvalue weighted by Gasteiger charge is 2.27. The van der Waals surface area contributed by atoms with Crippen LogP contribution in [0.15, 0.2) is 21.7 Å². The van der Waals surface area contributed by atoms with Crippen molar-refractivity contribution in [1.82, 2.24) is 0 Å². The Hall–Kier alpha value is -2.11. The summed E-state index contributed by atoms with van der Waals surface area (Å²) in [5, 5.41) is 0. The monoisotopic (exact) mass is 280 g/mol. The molecular formula is C14H20N2O4. The Kier molecular flexibility index (Phi) is 4.37. The molecule has 0 amide bonds. The molecule has 0 aliphatic heterocycles. The number of hydrogen-bond acceptors (Lipinski definition) is 6. The predicted octanol–water partition coefficient (Wildman–Crippen LogP) is 0.589. The van der Waals surface area contributed by atoms with Gasteiger partial charge in [-0.25, -0.2) is 0 Å². The fourth-order valence-electron chi connectivity index (χ4n) is 1.78. The molecule has 20 heavy (non-hydrogen) atoms. The molecule has 0 saturated heterocycles. The van der Waals surface area contributed by atoms with Crippen LogP contribution in [0, 0.1) is 0 Å². The van der Waals surface area contributed by atoms with Crippen LogP contribution in [0.4, 0.5) is 11.4 Å². The van der Waals surface area contributed by atoms with Gasteiger partial charge >= 0.3 is 5.97 Å². The molecule has 1 aromatic rings. The number of carbonyl (C=O) groups is 1. The van der Waals surface area contributed by atoms with Crippen LogP contribution in [0.25, 0.3) is 0 Å². The van der Waals surface area contributed by atoms with Gasteiger partial charge in [0.05, 0.1) is 0 Å². The highest BCUT2D eigenvalue weighted by molar-refractivity contribution is 5.81. The molecule has 2 N–H and O–H groups in total. The first kappa shape index (κ1) is 15.9. The molecule has 110 valence electrons. The number of nitrogen functional groups attached to an aromatic ring is 1. The van der Waals surface area contributed by atoms with Crippen LogP contribution in [0.1, 0.15) is 27.7 Å². The van der Waals surface area contributed by atoms with Gasteiger partial charge in [-0.05, 0) is 27.7 Å². The molecule has 0 heterocycles. The van der Waals surface area contributed by atoms with E-state index in [1.54, 1.807) is 27.7 Å². The molecule has 6 heteroatoms. The first-order chi connectivity index (χ1) is 9.03. The van der Waals surface area contributed by atoms with E-state index in [0.29, 0.717) is 0 Å². The Bertz CT molecular complexity index is 603. The third kappa shape index (κ3) is 3.69. The lowest BCUT2D eigenvalue weighted by Crippen LogP contribution is -2.45. The molecule has 1 rings (SSSR count). The molecule has 0 fully saturated rings. The fraction of sp³-hybridized carbons (Fsp3) is 0.500. The summed E-state index contributed by atoms with van der Waals surface area (Å²) in [5.41, 5.74) is 4.22. The maximum atomic E-state index is 11.8. The molecule has 1 aromatic carbocycles. The maximum absolute atomic E-state index is 11.8. The van der Waals surface area contributed by atoms with Gasteiger partial charge in [-0.3, -0.25) is 14.4 Å². The van der Waals surface area contributed by atoms with Crippen molar-refractivity contribution in [2.75, 3.05) is 23.7 Å². The van der Waals surface area contributed by atoms with Crippen molar-refractivity contribution in [3.05, 3.63) is 32.6 Å². The van der Waals surface area contributed by atoms with Gasteiger partial charge in [-0.1, -0.05) is 12.2 Å². The summed E-state index contributed by atoms with van der Waals surface area (Å²) >= 11 is 0. The number of carbonyl (C=O) groups excluding carboxylic acids is 1. The average molecular weight is 280 g/mol. The molecule has 0 saturated carbocycles. The van der Waals surface area contributed by atoms with Crippen LogP contribution in [-0.4, -0.2) is 24.7 Å². The van der Waals surface area contributed by atoms with Crippen LogP contribution >= 0.6 is 0 Å². The second-order valence-corrected chi connectivity index (χ2v) is 5.82. The Morgan fingerprint density at radius 2 is 1.80 bits per heavy atom. The van der Waals surface area contributed by atoms with E-state index >= 15 is 0 Å². The van der Waals surface area contributed by atoms with Gasteiger partial charge in [0.1, 0.15) is 23.5 Å². The zero-order chi connectivity index (χ0) is 15.7. The zero-order valence-corrected chi connectivity index (χ0v) is 12.3. The van der Waals surface area contributed by atoms with Gasteiger partial charge in [-0.15, -0.1) is 0 Å². The smallest absolute Gasteiger partial charge is 0.326 e. The van der Waals surface area contributed by atoms with Crippen LogP contribution in [0.3, 0.4) is 0 Å². The molecule has 0 atom stereocenters. The highest BCUT2D eigenvalue weighted by Crippen LogP contribution is 2.18. The van der Waals surface area contributed by atoms with Gasteiger partial charge in [0, 0.05) is 6.54 Å². The van der Waals surface area contributed by atoms with E-state index in [9.17, 15) is 14.4 Å². The molecule has 6 nitrogen and oxygen atoms in total. The van der Waals surface area contributed by atoms with Crippen molar-refractivity contribution >= 4 is 17.3 Å². The number of nitrogens with zero attached hydrogens (tertiary/aromatic N) is 1. The van der Waals surface area contributed by atoms with Crippen LogP contribution in [-0.2, 0) is 9.53 Å². The average Bonchev–Trinajstić information content (AvgIpc) is 2.25. The van der Waals surface area contributed by atoms with Crippen LogP contribution in [0.2, 0.25) is 0 Å². The van der Waals surface area contributed by atoms with Crippen LogP contribution < -0.4 is 21.5 Å². The molecule has 0 aromatic heterocycles. The predicted molar refractivity (Wildman–Crippen MR) is 78.6 cm³/mol. The fourth-order valence-corrected chi connectivity index (χ4v) is 1.78. The second-order valence-electron chi connectivity index (χ2n) is 5.82. The summed E-state index contributed by atoms with van der Waals surface area (Å²) in [5.74, 6) is -0.494. The van der Waals surface area contributed by atoms with Gasteiger partial charge in [-0.2, -0.15) is 0 Å². The number of nitrogens with two attached hydrogens (primary N) is 1. The molecule has 0 radical (unpaired) electrons. The lowest BCUT2D eigenvalue weighted by molar-refractivity contribution is -0.152. The number of rotatable bonds is 5. The molecule has 0 bridgehead atoms. The van der Waals surface area contributed by atoms with E-state index < -0.39 is 22.4 Å². The number of esters is 1. The summed E-state index contributed by atoms with van der Waals surface area (Å²) in [6.07, 6.45) is 0. The lowest BCUT2D eigenvalue weighted by Gasteiger charge is -2.27. The van der Waals surface area contributed by atoms with Crippen molar-refractivity contribution in [1.29, 1.82) is 0 Å². The normalized spacial score (nSPS) is 11.4. The summed E-state index contributed by atoms with van der Waals surface area (Å²) in [4.78, 5) is 36.0. The number of hydrogen-bond donors (Lipinski definition) is 1. The Labute approximate surface area is 117 Å². The van der Waals surface area contributed by atoms with Crippen molar-refractivity contribution in [2.45, 2.75) is 33.3 Å². The third-order valence-corrected chi connectivity index (χ3v) is 2.44. The molecular weight excluding hydrogens is 260 g/mol. The molecule has 0 aliphatic carbocycles. The Morgan fingerprint density at radius 1 is 1.25 bits per heavy atom. The van der Waals surface area contributed by atoms with Gasteiger partial charge in [0.25, 0.3) is 10.9 Å². The number of ether oxygens (including phenoxy) is 1. The lowest BCUT2D eigenvalue weighted by atomic mass is 10.1. The van der Waals surface area contributed by atoms with Crippen molar-refractivity contribution < 1.29 is 9.53 Å². The van der Waals surface area contributed by atoms with Gasteiger partial charge < -0.3 is 15.4 Å². The summed E-state index contributed by atoms with van der Waals surface area (Å²) < 4.78 is 5.20. The van der Waals surface area contributed by atoms with E-state index in [0.717, 1.165) is 5.57 Å². The Morgan fingerprint density at radius 3 is 2.20 bits per heavy atom. The van der Waals surface area contributed by atoms with E-state index in [1.165, 1.54) is 4.90 Å². The topological polar surface area (TPSA) is 89.7 Å². The molecule has 0 unspecified atom stereocenters. The first-order valence-corrected chi connectivity index (χ1v) is 6.23. The molecule has 0 spiro atoms. The maximum Gasteiger partial charge on any atom is 0.326 e. The van der Waals surface area contributed by atoms with E-state index in [2.05, 4.69) is 6.58 Å². The summed E-state index contributed by atoms with van der Waals surface area (Å²) in [6, 6.07) is 0. The van der Waals surface area contributed by atoms with E-state index in [4.69, 9.17) is 10.5 Å². The standard InChI is InChI=1S/C14H20N2O4/c1-8(2)6-16(7-9(17)20-14(3,4)5)11-10(15)12(18)13(11)19/h1,6-7,15H2,2-5H3. The third-order valence-electron chi connectivity index (χ3n) is 2.44. The summed E-state index contributed by atoms with van der Waals surface area (Å²) in [6.45, 7) is 10.8. The van der Waals surface area contributed by atoms with Gasteiger partial charge in [0.15, 0.2) is 0 Å². The second kappa shape index (κ2) is 5.48. The summed E-state index contributed by atoms with van der Waals surface area (Å²) in [7, 11) is 0. The SMILES string of the molecule is C=C(C)CN(CC(=O)OC(C)(C)C)c1c(N)c(=O)c1=O. The van der Waals surface area contributed by atoms with Crippen molar-refractivity contribution in [3.8, 4) is 0 Å². The van der Waals surface area contributed by atoms with Gasteiger partial charge in [0.2, 0.25) is 0 Å².